The number of aliphatic hydroxyl groups is 21. The maximum atomic E-state index is 11.2. The van der Waals surface area contributed by atoms with Crippen LogP contribution in [0.3, 0.4) is 0 Å². The summed E-state index contributed by atoms with van der Waals surface area (Å²) in [6, 6.07) is 0. The molecule has 0 saturated carbocycles. The van der Waals surface area contributed by atoms with Gasteiger partial charge >= 0.3 is 10.4 Å². The van der Waals surface area contributed by atoms with Gasteiger partial charge in [0.2, 0.25) is 0 Å². The second-order valence-electron chi connectivity index (χ2n) is 27.7. The van der Waals surface area contributed by atoms with Gasteiger partial charge in [-0.2, -0.15) is 8.42 Å². The van der Waals surface area contributed by atoms with Crippen molar-refractivity contribution < 1.29 is 134 Å². The Labute approximate surface area is 597 Å². The molecular formula is C73H126O27S. The summed E-state index contributed by atoms with van der Waals surface area (Å²) < 4.78 is 46.3. The lowest BCUT2D eigenvalue weighted by Gasteiger charge is -2.42. The van der Waals surface area contributed by atoms with Crippen LogP contribution in [0.5, 0.6) is 0 Å². The fourth-order valence-electron chi connectivity index (χ4n) is 12.2. The van der Waals surface area contributed by atoms with Gasteiger partial charge < -0.3 is 117 Å². The van der Waals surface area contributed by atoms with Crippen molar-refractivity contribution in [2.24, 2.45) is 11.8 Å². The van der Waals surface area contributed by atoms with Gasteiger partial charge in [-0.05, 0) is 159 Å². The molecule has 2 rings (SSSR count). The third-order valence-corrected chi connectivity index (χ3v) is 19.3. The standard InChI is InChI=1S/C73H126O27S/c1-6-7-8-9-10-11-12-13-14-15-16-17-18-19-32-56(81)67(90)72-70(93)61(86)43-63(99-72)71(94)66(89)47(4)35-38-55(80)62-42-60(85)69(92)73(98-62)68(91)57(82)39-45(2)33-36-53(79)41-59(84)65(88)48(5)40-58(83)64(87)46(3)34-37-52(78)29-22-28-50(76)25-20-24-49(75)26-21-27-51(77)30-23-31-54(44-74)100-101(95,96)97/h6-8,11-16,19,23,30,32,39,46,48-94H,1,4,9-10,17-18,20-22,24-29,31,33-38,40-44H2,2-3,5H3,(H,95,96,97)/b8-7+,12-11+,14-13+,16-15+,30-23+,32-19+,45-39+/t46-,48+,49+,50-,51-,52-,53-,54-,55-,56+,57+,58-,59-,60-,61-,62-,63-,64+,65+,66+,67-,68+,69+,70+,71-,72-,73-/m1/s1. The Morgan fingerprint density at radius 3 is 1.56 bits per heavy atom. The summed E-state index contributed by atoms with van der Waals surface area (Å²) in [4.78, 5) is 0. The highest BCUT2D eigenvalue weighted by Crippen LogP contribution is 2.32. The zero-order valence-corrected chi connectivity index (χ0v) is 59.9. The van der Waals surface area contributed by atoms with E-state index in [1.165, 1.54) is 24.3 Å². The maximum absolute atomic E-state index is 11.2. The lowest BCUT2D eigenvalue weighted by atomic mass is 9.85. The highest BCUT2D eigenvalue weighted by atomic mass is 32.3. The minimum atomic E-state index is -4.73. The Balaban J connectivity index is 1.76. The Hall–Kier alpha value is -3.39. The summed E-state index contributed by atoms with van der Waals surface area (Å²) in [5.41, 5.74) is 0.452. The van der Waals surface area contributed by atoms with Crippen LogP contribution in [0.15, 0.2) is 109 Å². The molecule has 2 heterocycles. The Kier molecular flexibility index (Phi) is 47.3. The maximum Gasteiger partial charge on any atom is 0.397 e. The predicted octanol–water partition coefficient (Wildman–Crippen LogP) is 1.58. The SMILES string of the molecule is C=C/C=C/CC/C=C/C=C/C=C/CC/C=C/[C@H](O)[C@@H](O)[C@H]1O[C@@H]([C@@H](O)[C@@H](O)C(=C)CC[C@@H](O)[C@H]2C[C@@H](O)[C@H](O)[C@@H]([C@@H](O)[C@@H](O)/C=C(\C)CC[C@@H](O)C[C@@H](O)[C@@H](O)[C@@H](C)C[C@@H](O)[C@@H](O)[C@H](C)CC[C@H](O)CCC[C@H](O)CCC[C@H](O)CCC[C@@H](O)/C=C/C[C@H](CO)OS(=O)(=O)O)O2)C[C@@H](O)[C@@H]1O. The van der Waals surface area contributed by atoms with Crippen molar-refractivity contribution in [3.8, 4) is 0 Å². The molecule has 22 N–H and O–H groups in total. The quantitative estimate of drug-likeness (QED) is 0.0178. The molecule has 586 valence electrons. The lowest BCUT2D eigenvalue weighted by molar-refractivity contribution is -0.234. The monoisotopic (exact) mass is 1470 g/mol. The van der Waals surface area contributed by atoms with E-state index in [1.807, 2.05) is 48.6 Å². The van der Waals surface area contributed by atoms with E-state index in [-0.39, 0.29) is 63.4 Å². The molecule has 0 aliphatic carbocycles. The summed E-state index contributed by atoms with van der Waals surface area (Å²) >= 11 is 0. The molecule has 0 aromatic heterocycles. The number of hydrogen-bond donors (Lipinski definition) is 22. The largest absolute Gasteiger partial charge is 0.397 e. The fraction of sp³-hybridized carbons (Fsp3) is 0.753. The van der Waals surface area contributed by atoms with Crippen LogP contribution in [0.2, 0.25) is 0 Å². The van der Waals surface area contributed by atoms with Gasteiger partial charge in [0.25, 0.3) is 0 Å². The van der Waals surface area contributed by atoms with Crippen molar-refractivity contribution in [1.82, 2.24) is 0 Å². The minimum Gasteiger partial charge on any atom is -0.394 e. The number of ether oxygens (including phenoxy) is 2. The highest BCUT2D eigenvalue weighted by Gasteiger charge is 2.47. The van der Waals surface area contributed by atoms with Crippen molar-refractivity contribution >= 4 is 10.4 Å². The average Bonchev–Trinajstić information content (AvgIpc) is 0.819. The average molecular weight is 1470 g/mol. The molecule has 0 spiro atoms. The molecule has 0 radical (unpaired) electrons. The van der Waals surface area contributed by atoms with Gasteiger partial charge in [-0.15, -0.1) is 0 Å². The molecule has 2 aliphatic rings. The van der Waals surface area contributed by atoms with Crippen molar-refractivity contribution in [1.29, 1.82) is 0 Å². The van der Waals surface area contributed by atoms with E-state index < -0.39 is 181 Å². The molecule has 2 fully saturated rings. The highest BCUT2D eigenvalue weighted by molar-refractivity contribution is 7.80. The van der Waals surface area contributed by atoms with Crippen molar-refractivity contribution in [3.63, 3.8) is 0 Å². The van der Waals surface area contributed by atoms with E-state index in [0.717, 1.165) is 12.8 Å². The molecule has 28 heteroatoms. The van der Waals surface area contributed by atoms with Crippen LogP contribution in [0.1, 0.15) is 175 Å². The second-order valence-corrected chi connectivity index (χ2v) is 28.7. The fourth-order valence-corrected chi connectivity index (χ4v) is 12.7. The van der Waals surface area contributed by atoms with Gasteiger partial charge in [0.05, 0.1) is 92.1 Å². The molecule has 27 atom stereocenters. The number of hydrogen-bond acceptors (Lipinski definition) is 26. The molecule has 101 heavy (non-hydrogen) atoms. The molecule has 27 nitrogen and oxygen atoms in total. The van der Waals surface area contributed by atoms with Crippen molar-refractivity contribution in [2.75, 3.05) is 6.61 Å². The third-order valence-electron chi connectivity index (χ3n) is 18.7. The van der Waals surface area contributed by atoms with Crippen molar-refractivity contribution in [2.45, 2.75) is 327 Å². The smallest absolute Gasteiger partial charge is 0.394 e. The van der Waals surface area contributed by atoms with Gasteiger partial charge in [-0.1, -0.05) is 118 Å². The number of rotatable bonds is 54. The first-order valence-corrected chi connectivity index (χ1v) is 37.1. The summed E-state index contributed by atoms with van der Waals surface area (Å²) in [5.74, 6) is -1.20. The number of unbranched alkanes of at least 4 members (excludes halogenated alkanes) is 2. The zero-order chi connectivity index (χ0) is 75.9. The number of allylic oxidation sites excluding steroid dienone is 11. The first kappa shape index (κ1) is 93.7. The molecule has 0 aromatic rings. The molecule has 2 aliphatic heterocycles. The van der Waals surface area contributed by atoms with E-state index >= 15 is 0 Å². The van der Waals surface area contributed by atoms with Crippen LogP contribution < -0.4 is 0 Å². The van der Waals surface area contributed by atoms with E-state index in [9.17, 15) is 111 Å². The zero-order valence-electron chi connectivity index (χ0n) is 59.1. The molecule has 0 amide bonds. The van der Waals surface area contributed by atoms with Gasteiger partial charge in [0.1, 0.15) is 67.1 Å². The van der Waals surface area contributed by atoms with E-state index in [1.54, 1.807) is 32.9 Å². The normalized spacial score (nSPS) is 26.5. The van der Waals surface area contributed by atoms with Crippen LogP contribution in [-0.4, -0.2) is 279 Å². The third kappa shape index (κ3) is 38.1. The van der Waals surface area contributed by atoms with E-state index in [4.69, 9.17) is 19.1 Å². The Morgan fingerprint density at radius 1 is 0.535 bits per heavy atom. The van der Waals surface area contributed by atoms with Crippen LogP contribution in [0, 0.1) is 11.8 Å². The first-order chi connectivity index (χ1) is 47.6. The van der Waals surface area contributed by atoms with E-state index in [0.29, 0.717) is 89.0 Å². The summed E-state index contributed by atoms with van der Waals surface area (Å²) in [7, 11) is -4.73. The van der Waals surface area contributed by atoms with Crippen LogP contribution >= 0.6 is 0 Å². The van der Waals surface area contributed by atoms with Gasteiger partial charge in [-0.3, -0.25) is 4.55 Å². The van der Waals surface area contributed by atoms with Crippen LogP contribution in [0.25, 0.3) is 0 Å². The lowest BCUT2D eigenvalue weighted by Crippen LogP contribution is -2.59. The summed E-state index contributed by atoms with van der Waals surface area (Å²) in [5, 5.41) is 226. The van der Waals surface area contributed by atoms with Gasteiger partial charge in [0, 0.05) is 19.3 Å². The molecule has 2 saturated heterocycles. The molecule has 0 aromatic carbocycles. The van der Waals surface area contributed by atoms with Crippen LogP contribution in [-0.2, 0) is 24.1 Å². The Bertz CT molecular complexity index is 2570. The predicted molar refractivity (Wildman–Crippen MR) is 378 cm³/mol. The molecular weight excluding hydrogens is 1340 g/mol. The van der Waals surface area contributed by atoms with E-state index in [2.05, 4.69) is 17.3 Å². The van der Waals surface area contributed by atoms with Crippen LogP contribution in [0.4, 0.5) is 0 Å². The minimum absolute atomic E-state index is 0.00456. The number of aliphatic hydroxyl groups excluding tert-OH is 21. The van der Waals surface area contributed by atoms with Crippen molar-refractivity contribution in [3.05, 3.63) is 109 Å². The molecule has 0 bridgehead atoms. The summed E-state index contributed by atoms with van der Waals surface area (Å²) in [6.07, 6.45) is -4.02. The van der Waals surface area contributed by atoms with Gasteiger partial charge in [0.15, 0.2) is 0 Å². The molecule has 0 unspecified atom stereocenters. The first-order valence-electron chi connectivity index (χ1n) is 35.7. The Morgan fingerprint density at radius 2 is 1.02 bits per heavy atom. The summed E-state index contributed by atoms with van der Waals surface area (Å²) in [6.45, 7) is 11.7. The van der Waals surface area contributed by atoms with Gasteiger partial charge in [-0.25, -0.2) is 4.18 Å². The topological polar surface area (TPSA) is 507 Å². The second kappa shape index (κ2) is 51.0.